The third kappa shape index (κ3) is 3.42. The van der Waals surface area contributed by atoms with E-state index in [1.807, 2.05) is 19.1 Å². The summed E-state index contributed by atoms with van der Waals surface area (Å²) in [7, 11) is 0. The maximum Gasteiger partial charge on any atom is 0.251 e. The molecule has 0 unspecified atom stereocenters. The summed E-state index contributed by atoms with van der Waals surface area (Å²) in [6.45, 7) is 5.92. The molecule has 0 amide bonds. The molecule has 0 saturated carbocycles. The molecule has 4 heteroatoms. The first kappa shape index (κ1) is 16.1. The zero-order valence-corrected chi connectivity index (χ0v) is 14.1. The van der Waals surface area contributed by atoms with Crippen molar-refractivity contribution in [1.29, 1.82) is 0 Å². The smallest absolute Gasteiger partial charge is 0.251 e. The number of aromatic amines is 1. The SMILES string of the molecule is CCCCNCc1ccc(-c2c(C)[nH]c(=O)c3c2CCCC3)o1. The summed E-state index contributed by atoms with van der Waals surface area (Å²) in [6, 6.07) is 4.07. The van der Waals surface area contributed by atoms with Crippen LogP contribution in [0, 0.1) is 6.92 Å². The van der Waals surface area contributed by atoms with Crippen LogP contribution in [0.1, 0.15) is 55.2 Å². The summed E-state index contributed by atoms with van der Waals surface area (Å²) in [5, 5.41) is 3.40. The van der Waals surface area contributed by atoms with Gasteiger partial charge in [0, 0.05) is 16.8 Å². The third-order valence-corrected chi connectivity index (χ3v) is 4.63. The molecule has 0 spiro atoms. The van der Waals surface area contributed by atoms with E-state index in [0.717, 1.165) is 67.1 Å². The van der Waals surface area contributed by atoms with E-state index in [-0.39, 0.29) is 5.56 Å². The van der Waals surface area contributed by atoms with Crippen LogP contribution in [0.5, 0.6) is 0 Å². The zero-order chi connectivity index (χ0) is 16.2. The molecule has 3 rings (SSSR count). The van der Waals surface area contributed by atoms with E-state index < -0.39 is 0 Å². The lowest BCUT2D eigenvalue weighted by Crippen LogP contribution is -2.21. The van der Waals surface area contributed by atoms with Gasteiger partial charge in [-0.05, 0) is 63.3 Å². The average Bonchev–Trinajstić information content (AvgIpc) is 3.00. The number of fused-ring (bicyclic) bond motifs is 1. The number of hydrogen-bond acceptors (Lipinski definition) is 3. The maximum atomic E-state index is 12.2. The van der Waals surface area contributed by atoms with Gasteiger partial charge in [-0.3, -0.25) is 4.79 Å². The van der Waals surface area contributed by atoms with Crippen molar-refractivity contribution in [3.63, 3.8) is 0 Å². The summed E-state index contributed by atoms with van der Waals surface area (Å²) >= 11 is 0. The molecule has 1 aliphatic rings. The topological polar surface area (TPSA) is 58.0 Å². The van der Waals surface area contributed by atoms with E-state index >= 15 is 0 Å². The van der Waals surface area contributed by atoms with Crippen LogP contribution in [0.25, 0.3) is 11.3 Å². The number of aryl methyl sites for hydroxylation is 1. The molecule has 0 fully saturated rings. The van der Waals surface area contributed by atoms with Crippen molar-refractivity contribution in [2.45, 2.75) is 58.9 Å². The second-order valence-electron chi connectivity index (χ2n) is 6.41. The lowest BCUT2D eigenvalue weighted by atomic mass is 9.88. The van der Waals surface area contributed by atoms with Gasteiger partial charge >= 0.3 is 0 Å². The van der Waals surface area contributed by atoms with Crippen LogP contribution < -0.4 is 10.9 Å². The molecule has 2 aromatic heterocycles. The Kier molecular flexibility index (Phi) is 5.01. The van der Waals surface area contributed by atoms with Gasteiger partial charge in [0.1, 0.15) is 11.5 Å². The second-order valence-corrected chi connectivity index (χ2v) is 6.41. The second kappa shape index (κ2) is 7.18. The van der Waals surface area contributed by atoms with Crippen molar-refractivity contribution < 1.29 is 4.42 Å². The fourth-order valence-electron chi connectivity index (χ4n) is 3.42. The highest BCUT2D eigenvalue weighted by Crippen LogP contribution is 2.32. The lowest BCUT2D eigenvalue weighted by molar-refractivity contribution is 0.489. The Balaban J connectivity index is 1.87. The van der Waals surface area contributed by atoms with E-state index in [1.165, 1.54) is 18.4 Å². The molecule has 2 aromatic rings. The van der Waals surface area contributed by atoms with Crippen LogP contribution in [0.4, 0.5) is 0 Å². The summed E-state index contributed by atoms with van der Waals surface area (Å²) in [5.74, 6) is 1.83. The summed E-state index contributed by atoms with van der Waals surface area (Å²) in [4.78, 5) is 15.2. The molecule has 0 aliphatic heterocycles. The van der Waals surface area contributed by atoms with Gasteiger partial charge in [0.2, 0.25) is 0 Å². The average molecular weight is 314 g/mol. The lowest BCUT2D eigenvalue weighted by Gasteiger charge is -2.19. The van der Waals surface area contributed by atoms with Crippen molar-refractivity contribution in [3.05, 3.63) is 45.1 Å². The third-order valence-electron chi connectivity index (χ3n) is 4.63. The number of pyridine rings is 1. The number of hydrogen-bond donors (Lipinski definition) is 2. The van der Waals surface area contributed by atoms with Crippen molar-refractivity contribution in [3.8, 4) is 11.3 Å². The van der Waals surface area contributed by atoms with Crippen LogP contribution in [0.2, 0.25) is 0 Å². The normalized spacial score (nSPS) is 14.0. The van der Waals surface area contributed by atoms with Crippen LogP contribution in [0.3, 0.4) is 0 Å². The minimum absolute atomic E-state index is 0.0777. The highest BCUT2D eigenvalue weighted by Gasteiger charge is 2.21. The maximum absolute atomic E-state index is 12.2. The Morgan fingerprint density at radius 3 is 2.78 bits per heavy atom. The molecule has 0 bridgehead atoms. The Morgan fingerprint density at radius 2 is 2.00 bits per heavy atom. The monoisotopic (exact) mass is 314 g/mol. The number of rotatable bonds is 6. The fourth-order valence-corrected chi connectivity index (χ4v) is 3.42. The predicted octanol–water partition coefficient (Wildman–Crippen LogP) is 3.71. The van der Waals surface area contributed by atoms with Gasteiger partial charge in [0.25, 0.3) is 5.56 Å². The molecule has 1 aliphatic carbocycles. The summed E-state index contributed by atoms with van der Waals surface area (Å²) < 4.78 is 6.05. The number of nitrogens with one attached hydrogen (secondary N) is 2. The first-order valence-corrected chi connectivity index (χ1v) is 8.75. The van der Waals surface area contributed by atoms with Gasteiger partial charge in [-0.15, -0.1) is 0 Å². The molecular weight excluding hydrogens is 288 g/mol. The van der Waals surface area contributed by atoms with E-state index in [2.05, 4.69) is 17.2 Å². The van der Waals surface area contributed by atoms with Crippen molar-refractivity contribution in [2.24, 2.45) is 0 Å². The highest BCUT2D eigenvalue weighted by molar-refractivity contribution is 5.67. The molecule has 0 radical (unpaired) electrons. The van der Waals surface area contributed by atoms with Crippen molar-refractivity contribution in [2.75, 3.05) is 6.54 Å². The Bertz CT molecular complexity index is 727. The molecule has 23 heavy (non-hydrogen) atoms. The standard InChI is InChI=1S/C19H26N2O2/c1-3-4-11-20-12-14-9-10-17(23-14)18-13(2)21-19(22)16-8-6-5-7-15(16)18/h9-10,20H,3-8,11-12H2,1-2H3,(H,21,22). The van der Waals surface area contributed by atoms with Gasteiger partial charge in [0.15, 0.2) is 0 Å². The van der Waals surface area contributed by atoms with E-state index in [4.69, 9.17) is 4.42 Å². The van der Waals surface area contributed by atoms with E-state index in [9.17, 15) is 4.79 Å². The highest BCUT2D eigenvalue weighted by atomic mass is 16.3. The number of unbranched alkanes of at least 4 members (excludes halogenated alkanes) is 1. The van der Waals surface area contributed by atoms with Gasteiger partial charge < -0.3 is 14.7 Å². The number of furan rings is 1. The molecule has 2 N–H and O–H groups in total. The van der Waals surface area contributed by atoms with Crippen LogP contribution in [-0.4, -0.2) is 11.5 Å². The van der Waals surface area contributed by atoms with Crippen LogP contribution >= 0.6 is 0 Å². The molecule has 0 saturated heterocycles. The quantitative estimate of drug-likeness (QED) is 0.799. The first-order valence-electron chi connectivity index (χ1n) is 8.75. The van der Waals surface area contributed by atoms with E-state index in [0.29, 0.717) is 0 Å². The van der Waals surface area contributed by atoms with Crippen LogP contribution in [-0.2, 0) is 19.4 Å². The molecular formula is C19H26N2O2. The molecule has 2 heterocycles. The van der Waals surface area contributed by atoms with Gasteiger partial charge in [0.05, 0.1) is 6.54 Å². The van der Waals surface area contributed by atoms with Gasteiger partial charge in [-0.25, -0.2) is 0 Å². The first-order chi connectivity index (χ1) is 11.2. The van der Waals surface area contributed by atoms with Gasteiger partial charge in [-0.1, -0.05) is 13.3 Å². The fraction of sp³-hybridized carbons (Fsp3) is 0.526. The minimum atomic E-state index is 0.0777. The molecule has 0 atom stereocenters. The Labute approximate surface area is 137 Å². The Morgan fingerprint density at radius 1 is 1.22 bits per heavy atom. The molecule has 0 aromatic carbocycles. The zero-order valence-electron chi connectivity index (χ0n) is 14.1. The molecule has 4 nitrogen and oxygen atoms in total. The minimum Gasteiger partial charge on any atom is -0.460 e. The predicted molar refractivity (Wildman–Crippen MR) is 92.8 cm³/mol. The molecule has 124 valence electrons. The summed E-state index contributed by atoms with van der Waals surface area (Å²) in [6.07, 6.45) is 6.47. The van der Waals surface area contributed by atoms with E-state index in [1.54, 1.807) is 0 Å². The number of aromatic nitrogens is 1. The summed E-state index contributed by atoms with van der Waals surface area (Å²) in [5.41, 5.74) is 4.23. The van der Waals surface area contributed by atoms with Crippen molar-refractivity contribution >= 4 is 0 Å². The van der Waals surface area contributed by atoms with Crippen molar-refractivity contribution in [1.82, 2.24) is 10.3 Å². The van der Waals surface area contributed by atoms with Crippen LogP contribution in [0.15, 0.2) is 21.3 Å². The largest absolute Gasteiger partial charge is 0.460 e. The Hall–Kier alpha value is -1.81. The number of H-pyrrole nitrogens is 1. The van der Waals surface area contributed by atoms with Gasteiger partial charge in [-0.2, -0.15) is 0 Å².